The molecule has 0 atom stereocenters. The molecule has 0 unspecified atom stereocenters. The average molecular weight is 229 g/mol. The lowest BCUT2D eigenvalue weighted by Crippen LogP contribution is -2.19. The molecule has 0 bridgehead atoms. The molecule has 89 valence electrons. The number of benzene rings is 1. The molecule has 3 nitrogen and oxygen atoms in total. The number of fused-ring (bicyclic) bond motifs is 1. The molecule has 1 aromatic heterocycles. The Morgan fingerprint density at radius 2 is 2.00 bits per heavy atom. The molecule has 0 aliphatic rings. The standard InChI is InChI=1S/C13H18N2O.B/c1-10-8-11-9-12(4-5-13(11)14-10)16-7-6-15(2)3;/h4-5,8-9,14H,6-7H2,1-3H3;. The predicted octanol–water partition coefficient (Wildman–Crippen LogP) is 2.04. The van der Waals surface area contributed by atoms with Crippen molar-refractivity contribution in [2.45, 2.75) is 6.92 Å². The highest BCUT2D eigenvalue weighted by molar-refractivity contribution is 5.81. The molecule has 2 aromatic rings. The first-order chi connectivity index (χ1) is 7.65. The van der Waals surface area contributed by atoms with Crippen LogP contribution in [0.4, 0.5) is 0 Å². The van der Waals surface area contributed by atoms with E-state index < -0.39 is 0 Å². The molecule has 0 fully saturated rings. The van der Waals surface area contributed by atoms with E-state index in [9.17, 15) is 0 Å². The second-order valence-corrected chi connectivity index (χ2v) is 4.35. The number of aryl methyl sites for hydroxylation is 1. The van der Waals surface area contributed by atoms with E-state index in [1.807, 2.05) is 20.2 Å². The van der Waals surface area contributed by atoms with E-state index in [-0.39, 0.29) is 8.41 Å². The monoisotopic (exact) mass is 229 g/mol. The summed E-state index contributed by atoms with van der Waals surface area (Å²) >= 11 is 0. The van der Waals surface area contributed by atoms with E-state index in [2.05, 4.69) is 35.0 Å². The van der Waals surface area contributed by atoms with Gasteiger partial charge in [0.15, 0.2) is 0 Å². The fourth-order valence-electron chi connectivity index (χ4n) is 1.69. The molecule has 1 N–H and O–H groups in total. The van der Waals surface area contributed by atoms with Crippen LogP contribution in [0.3, 0.4) is 0 Å². The van der Waals surface area contributed by atoms with Crippen LogP contribution in [0.15, 0.2) is 24.3 Å². The Labute approximate surface area is 104 Å². The maximum absolute atomic E-state index is 5.68. The maximum atomic E-state index is 5.68. The van der Waals surface area contributed by atoms with Gasteiger partial charge in [0, 0.05) is 31.6 Å². The first kappa shape index (κ1) is 13.6. The smallest absolute Gasteiger partial charge is 0.120 e. The molecule has 0 aliphatic carbocycles. The second kappa shape index (κ2) is 5.78. The highest BCUT2D eigenvalue weighted by Crippen LogP contribution is 2.21. The van der Waals surface area contributed by atoms with Crippen molar-refractivity contribution >= 4 is 19.3 Å². The van der Waals surface area contributed by atoms with Gasteiger partial charge in [-0.05, 0) is 45.3 Å². The fourth-order valence-corrected chi connectivity index (χ4v) is 1.69. The Bertz CT molecular complexity index is 479. The Morgan fingerprint density at radius 3 is 2.71 bits per heavy atom. The zero-order valence-electron chi connectivity index (χ0n) is 10.7. The molecule has 0 saturated carbocycles. The molecule has 0 aliphatic heterocycles. The van der Waals surface area contributed by atoms with Crippen LogP contribution in [-0.2, 0) is 0 Å². The molecule has 4 heteroatoms. The van der Waals surface area contributed by atoms with Gasteiger partial charge in [-0.2, -0.15) is 0 Å². The Balaban J connectivity index is 0.00000144. The number of hydrogen-bond donors (Lipinski definition) is 1. The normalized spacial score (nSPS) is 10.6. The number of rotatable bonds is 4. The lowest BCUT2D eigenvalue weighted by molar-refractivity contribution is 0.261. The van der Waals surface area contributed by atoms with Gasteiger partial charge in [0.25, 0.3) is 0 Å². The zero-order chi connectivity index (χ0) is 11.5. The number of aromatic amines is 1. The summed E-state index contributed by atoms with van der Waals surface area (Å²) < 4.78 is 5.68. The van der Waals surface area contributed by atoms with Crippen molar-refractivity contribution in [2.75, 3.05) is 27.2 Å². The summed E-state index contributed by atoms with van der Waals surface area (Å²) in [6, 6.07) is 8.28. The van der Waals surface area contributed by atoms with Crippen LogP contribution in [0, 0.1) is 6.92 Å². The third-order valence-electron chi connectivity index (χ3n) is 2.53. The van der Waals surface area contributed by atoms with Crippen molar-refractivity contribution in [1.82, 2.24) is 9.88 Å². The number of ether oxygens (including phenoxy) is 1. The summed E-state index contributed by atoms with van der Waals surface area (Å²) in [5.41, 5.74) is 2.35. The summed E-state index contributed by atoms with van der Waals surface area (Å²) in [5.74, 6) is 0.938. The van der Waals surface area contributed by atoms with Gasteiger partial charge in [-0.25, -0.2) is 0 Å². The minimum absolute atomic E-state index is 0. The van der Waals surface area contributed by atoms with Crippen LogP contribution in [0.25, 0.3) is 10.9 Å². The van der Waals surface area contributed by atoms with Gasteiger partial charge < -0.3 is 14.6 Å². The molecule has 17 heavy (non-hydrogen) atoms. The van der Waals surface area contributed by atoms with E-state index in [0.717, 1.165) is 24.4 Å². The van der Waals surface area contributed by atoms with E-state index in [1.54, 1.807) is 0 Å². The van der Waals surface area contributed by atoms with Crippen molar-refractivity contribution in [1.29, 1.82) is 0 Å². The van der Waals surface area contributed by atoms with Gasteiger partial charge in [0.1, 0.15) is 12.4 Å². The predicted molar refractivity (Wildman–Crippen MR) is 72.8 cm³/mol. The minimum Gasteiger partial charge on any atom is -0.492 e. The number of hydrogen-bond acceptors (Lipinski definition) is 2. The quantitative estimate of drug-likeness (QED) is 0.812. The van der Waals surface area contributed by atoms with Crippen LogP contribution >= 0.6 is 0 Å². The molecular formula is C13H18BN2O. The van der Waals surface area contributed by atoms with Crippen LogP contribution in [0.1, 0.15) is 5.69 Å². The molecular weight excluding hydrogens is 211 g/mol. The molecule has 0 saturated heterocycles. The van der Waals surface area contributed by atoms with Gasteiger partial charge in [-0.1, -0.05) is 0 Å². The fraction of sp³-hybridized carbons (Fsp3) is 0.385. The largest absolute Gasteiger partial charge is 0.492 e. The van der Waals surface area contributed by atoms with Gasteiger partial charge in [-0.3, -0.25) is 0 Å². The molecule has 2 rings (SSSR count). The van der Waals surface area contributed by atoms with E-state index in [4.69, 9.17) is 4.74 Å². The average Bonchev–Trinajstić information content (AvgIpc) is 2.56. The number of aromatic nitrogens is 1. The number of likely N-dealkylation sites (N-methyl/N-ethyl adjacent to an activating group) is 1. The van der Waals surface area contributed by atoms with E-state index in [1.165, 1.54) is 11.1 Å². The van der Waals surface area contributed by atoms with Crippen molar-refractivity contribution in [3.63, 3.8) is 0 Å². The minimum atomic E-state index is 0. The molecule has 1 aromatic carbocycles. The third kappa shape index (κ3) is 3.53. The van der Waals surface area contributed by atoms with Crippen LogP contribution in [0.5, 0.6) is 5.75 Å². The maximum Gasteiger partial charge on any atom is 0.120 e. The summed E-state index contributed by atoms with van der Waals surface area (Å²) in [7, 11) is 4.09. The lowest BCUT2D eigenvalue weighted by atomic mass is 10.2. The second-order valence-electron chi connectivity index (χ2n) is 4.35. The van der Waals surface area contributed by atoms with Crippen molar-refractivity contribution in [2.24, 2.45) is 0 Å². The zero-order valence-corrected chi connectivity index (χ0v) is 10.7. The van der Waals surface area contributed by atoms with Crippen LogP contribution in [-0.4, -0.2) is 45.5 Å². The Hall–Kier alpha value is -1.42. The van der Waals surface area contributed by atoms with E-state index >= 15 is 0 Å². The topological polar surface area (TPSA) is 28.3 Å². The highest BCUT2D eigenvalue weighted by atomic mass is 16.5. The summed E-state index contributed by atoms with van der Waals surface area (Å²) in [5, 5.41) is 1.21. The van der Waals surface area contributed by atoms with Gasteiger partial charge in [0.05, 0.1) is 0 Å². The summed E-state index contributed by atoms with van der Waals surface area (Å²) in [6.45, 7) is 3.72. The molecule has 1 heterocycles. The lowest BCUT2D eigenvalue weighted by Gasteiger charge is -2.10. The van der Waals surface area contributed by atoms with E-state index in [0.29, 0.717) is 0 Å². The van der Waals surface area contributed by atoms with Gasteiger partial charge in [0.2, 0.25) is 0 Å². The van der Waals surface area contributed by atoms with Crippen LogP contribution in [0.2, 0.25) is 0 Å². The first-order valence-electron chi connectivity index (χ1n) is 5.52. The summed E-state index contributed by atoms with van der Waals surface area (Å²) in [6.07, 6.45) is 0. The SMILES string of the molecule is Cc1cc2cc(OCCN(C)C)ccc2[nH]1.[B]. The van der Waals surface area contributed by atoms with Gasteiger partial charge in [-0.15, -0.1) is 0 Å². The molecule has 0 amide bonds. The highest BCUT2D eigenvalue weighted by Gasteiger charge is 2.00. The third-order valence-corrected chi connectivity index (χ3v) is 2.53. The number of nitrogens with one attached hydrogen (secondary N) is 1. The van der Waals surface area contributed by atoms with Crippen molar-refractivity contribution in [3.05, 3.63) is 30.0 Å². The Kier molecular flexibility index (Phi) is 4.64. The van der Waals surface area contributed by atoms with Crippen molar-refractivity contribution in [3.8, 4) is 5.75 Å². The van der Waals surface area contributed by atoms with Gasteiger partial charge >= 0.3 is 0 Å². The Morgan fingerprint density at radius 1 is 1.24 bits per heavy atom. The number of nitrogens with zero attached hydrogens (tertiary/aromatic N) is 1. The first-order valence-corrected chi connectivity index (χ1v) is 5.52. The number of H-pyrrole nitrogens is 1. The summed E-state index contributed by atoms with van der Waals surface area (Å²) in [4.78, 5) is 5.41. The van der Waals surface area contributed by atoms with Crippen molar-refractivity contribution < 1.29 is 4.74 Å². The molecule has 0 spiro atoms. The molecule has 3 radical (unpaired) electrons. The van der Waals surface area contributed by atoms with Crippen LogP contribution < -0.4 is 4.74 Å².